The molecule has 3 amide bonds. The number of rotatable bonds is 6. The lowest BCUT2D eigenvalue weighted by atomic mass is 9.82. The summed E-state index contributed by atoms with van der Waals surface area (Å²) in [7, 11) is 0. The van der Waals surface area contributed by atoms with Crippen LogP contribution in [0.5, 0.6) is 0 Å². The van der Waals surface area contributed by atoms with Gasteiger partial charge in [0.05, 0.1) is 6.54 Å². The van der Waals surface area contributed by atoms with Crippen LogP contribution in [0.3, 0.4) is 0 Å². The van der Waals surface area contributed by atoms with Crippen LogP contribution in [-0.2, 0) is 17.8 Å². The quantitative estimate of drug-likeness (QED) is 0.578. The van der Waals surface area contributed by atoms with Gasteiger partial charge in [-0.05, 0) is 50.6 Å². The molecule has 154 valence electrons. The molecule has 6 nitrogen and oxygen atoms in total. The fourth-order valence-electron chi connectivity index (χ4n) is 4.65. The van der Waals surface area contributed by atoms with Crippen molar-refractivity contribution in [3.63, 3.8) is 0 Å². The molecule has 0 unspecified atom stereocenters. The fourth-order valence-corrected chi connectivity index (χ4v) is 5.35. The molecule has 4 rings (SSSR count). The van der Waals surface area contributed by atoms with Crippen LogP contribution in [0.4, 0.5) is 4.79 Å². The molecule has 1 aliphatic heterocycles. The smallest absolute Gasteiger partial charge is 0.325 e. The van der Waals surface area contributed by atoms with E-state index < -0.39 is 11.6 Å². The molecule has 0 radical (unpaired) electrons. The van der Waals surface area contributed by atoms with E-state index in [9.17, 15) is 14.4 Å². The zero-order valence-electron chi connectivity index (χ0n) is 17.0. The van der Waals surface area contributed by atoms with Crippen molar-refractivity contribution >= 4 is 29.1 Å². The molecule has 1 spiro atoms. The number of urea groups is 1. The second-order valence-corrected chi connectivity index (χ2v) is 9.19. The Balaban J connectivity index is 1.48. The lowest BCUT2D eigenvalue weighted by Crippen LogP contribution is -2.48. The number of ketones is 1. The normalized spacial score (nSPS) is 18.5. The number of thiophene rings is 1. The zero-order valence-corrected chi connectivity index (χ0v) is 17.8. The number of imide groups is 1. The van der Waals surface area contributed by atoms with Crippen molar-refractivity contribution in [3.05, 3.63) is 45.4 Å². The first-order chi connectivity index (χ1) is 13.9. The maximum Gasteiger partial charge on any atom is 0.325 e. The number of hydrogen-bond acceptors (Lipinski definition) is 4. The van der Waals surface area contributed by atoms with E-state index in [1.165, 1.54) is 4.88 Å². The molecule has 1 N–H and O–H groups in total. The molecule has 3 heterocycles. The Morgan fingerprint density at radius 3 is 2.66 bits per heavy atom. The molecule has 1 saturated carbocycles. The summed E-state index contributed by atoms with van der Waals surface area (Å²) in [4.78, 5) is 40.8. The van der Waals surface area contributed by atoms with Crippen LogP contribution < -0.4 is 5.32 Å². The summed E-state index contributed by atoms with van der Waals surface area (Å²) in [6.45, 7) is 4.53. The minimum atomic E-state index is -0.785. The molecular formula is C22H27N3O3S. The number of aromatic nitrogens is 1. The molecule has 2 aromatic rings. The first-order valence-corrected chi connectivity index (χ1v) is 11.2. The molecule has 29 heavy (non-hydrogen) atoms. The summed E-state index contributed by atoms with van der Waals surface area (Å²) in [5, 5.41) is 4.94. The molecule has 2 fully saturated rings. The van der Waals surface area contributed by atoms with Crippen LogP contribution in [0, 0.1) is 13.8 Å². The molecule has 1 aliphatic carbocycles. The Hall–Kier alpha value is -2.41. The Morgan fingerprint density at radius 1 is 1.21 bits per heavy atom. The highest BCUT2D eigenvalue weighted by Gasteiger charge is 2.51. The van der Waals surface area contributed by atoms with Gasteiger partial charge in [-0.3, -0.25) is 14.5 Å². The van der Waals surface area contributed by atoms with Gasteiger partial charge in [0.2, 0.25) is 0 Å². The largest absolute Gasteiger partial charge is 0.348 e. The summed E-state index contributed by atoms with van der Waals surface area (Å²) < 4.78 is 2.14. The van der Waals surface area contributed by atoms with Crippen molar-refractivity contribution < 1.29 is 14.4 Å². The van der Waals surface area contributed by atoms with E-state index in [1.54, 1.807) is 11.3 Å². The van der Waals surface area contributed by atoms with Crippen LogP contribution in [-0.4, -0.2) is 39.3 Å². The van der Waals surface area contributed by atoms with Crippen molar-refractivity contribution in [2.24, 2.45) is 0 Å². The maximum atomic E-state index is 13.0. The average Bonchev–Trinajstić information content (AvgIpc) is 3.37. The van der Waals surface area contributed by atoms with Gasteiger partial charge in [0.15, 0.2) is 5.78 Å². The van der Waals surface area contributed by atoms with E-state index in [0.29, 0.717) is 18.4 Å². The van der Waals surface area contributed by atoms with Crippen LogP contribution in [0.2, 0.25) is 0 Å². The van der Waals surface area contributed by atoms with E-state index in [1.807, 2.05) is 26.0 Å². The first kappa shape index (κ1) is 19.9. The Morgan fingerprint density at radius 2 is 1.97 bits per heavy atom. The topological polar surface area (TPSA) is 71.4 Å². The molecule has 0 bridgehead atoms. The first-order valence-electron chi connectivity index (χ1n) is 10.3. The third-order valence-corrected chi connectivity index (χ3v) is 7.23. The summed E-state index contributed by atoms with van der Waals surface area (Å²) in [6, 6.07) is 5.60. The van der Waals surface area contributed by atoms with Crippen molar-refractivity contribution in [2.45, 2.75) is 64.5 Å². The van der Waals surface area contributed by atoms with E-state index in [4.69, 9.17) is 0 Å². The van der Waals surface area contributed by atoms with Gasteiger partial charge >= 0.3 is 6.03 Å². The molecule has 0 aromatic carbocycles. The molecule has 0 atom stereocenters. The maximum absolute atomic E-state index is 13.0. The average molecular weight is 414 g/mol. The number of carbonyl (C=O) groups is 3. The molecule has 7 heteroatoms. The summed E-state index contributed by atoms with van der Waals surface area (Å²) >= 11 is 1.73. The number of hydrogen-bond donors (Lipinski definition) is 1. The van der Waals surface area contributed by atoms with E-state index in [2.05, 4.69) is 21.3 Å². The monoisotopic (exact) mass is 413 g/mol. The second-order valence-electron chi connectivity index (χ2n) is 8.15. The summed E-state index contributed by atoms with van der Waals surface area (Å²) in [5.74, 6) is -0.418. The van der Waals surface area contributed by atoms with Gasteiger partial charge in [0.25, 0.3) is 5.91 Å². The lowest BCUT2D eigenvalue weighted by Gasteiger charge is -2.30. The number of nitrogens with one attached hydrogen (secondary N) is 1. The number of nitrogens with zero attached hydrogens (tertiary/aromatic N) is 2. The highest BCUT2D eigenvalue weighted by Crippen LogP contribution is 2.33. The van der Waals surface area contributed by atoms with Gasteiger partial charge in [-0.1, -0.05) is 25.3 Å². The Labute approximate surface area is 174 Å². The van der Waals surface area contributed by atoms with Gasteiger partial charge in [-0.25, -0.2) is 4.79 Å². The van der Waals surface area contributed by atoms with Crippen LogP contribution >= 0.6 is 11.3 Å². The zero-order chi connectivity index (χ0) is 20.6. The lowest BCUT2D eigenvalue weighted by molar-refractivity contribution is -0.132. The van der Waals surface area contributed by atoms with Gasteiger partial charge in [0, 0.05) is 28.4 Å². The van der Waals surface area contributed by atoms with Crippen molar-refractivity contribution in [1.82, 2.24) is 14.8 Å². The number of amides is 3. The summed E-state index contributed by atoms with van der Waals surface area (Å²) in [6.07, 6.45) is 5.19. The molecule has 1 saturated heterocycles. The second kappa shape index (κ2) is 7.78. The van der Waals surface area contributed by atoms with Gasteiger partial charge in [-0.2, -0.15) is 0 Å². The van der Waals surface area contributed by atoms with Gasteiger partial charge < -0.3 is 9.88 Å². The Kier molecular flexibility index (Phi) is 5.34. The highest BCUT2D eigenvalue weighted by atomic mass is 32.1. The number of aryl methyl sites for hydroxylation is 2. The third-order valence-electron chi connectivity index (χ3n) is 6.29. The predicted octanol–water partition coefficient (Wildman–Crippen LogP) is 3.85. The van der Waals surface area contributed by atoms with Crippen LogP contribution in [0.25, 0.3) is 0 Å². The molecule has 2 aromatic heterocycles. The van der Waals surface area contributed by atoms with Crippen LogP contribution in [0.1, 0.15) is 58.7 Å². The highest BCUT2D eigenvalue weighted by molar-refractivity contribution is 7.09. The van der Waals surface area contributed by atoms with E-state index in [0.717, 1.165) is 48.5 Å². The summed E-state index contributed by atoms with van der Waals surface area (Å²) in [5.41, 5.74) is 1.72. The predicted molar refractivity (Wildman–Crippen MR) is 112 cm³/mol. The van der Waals surface area contributed by atoms with E-state index >= 15 is 0 Å². The fraction of sp³-hybridized carbons (Fsp3) is 0.500. The van der Waals surface area contributed by atoms with Crippen molar-refractivity contribution in [2.75, 3.05) is 6.54 Å². The van der Waals surface area contributed by atoms with Crippen molar-refractivity contribution in [3.8, 4) is 0 Å². The van der Waals surface area contributed by atoms with Gasteiger partial charge in [-0.15, -0.1) is 11.3 Å². The number of Topliss-reactive ketones (excluding diaryl/α,β-unsaturated/α-hetero) is 1. The SMILES string of the molecule is Cc1cc(C(=O)CN2C(=O)NC3(CCCCC3)C2=O)c(C)n1CCc1cccs1. The Bertz CT molecular complexity index is 939. The van der Waals surface area contributed by atoms with E-state index in [-0.39, 0.29) is 18.2 Å². The minimum Gasteiger partial charge on any atom is -0.348 e. The van der Waals surface area contributed by atoms with Crippen molar-refractivity contribution in [1.29, 1.82) is 0 Å². The number of carbonyl (C=O) groups excluding carboxylic acids is 3. The molecular weight excluding hydrogens is 386 g/mol. The van der Waals surface area contributed by atoms with Gasteiger partial charge in [0.1, 0.15) is 5.54 Å². The minimum absolute atomic E-state index is 0.183. The van der Waals surface area contributed by atoms with Crippen LogP contribution in [0.15, 0.2) is 23.6 Å². The third kappa shape index (κ3) is 3.64. The standard InChI is InChI=1S/C22H27N3O3S/c1-15-13-18(16(2)24(15)11-8-17-7-6-12-29-17)19(26)14-25-20(27)22(23-21(25)28)9-4-3-5-10-22/h6-7,12-13H,3-5,8-11,14H2,1-2H3,(H,23,28). The molecule has 2 aliphatic rings.